The molecule has 1 aromatic heterocycles. The van der Waals surface area contributed by atoms with Gasteiger partial charge in [0.05, 0.1) is 11.0 Å². The molecule has 1 aliphatic carbocycles. The van der Waals surface area contributed by atoms with Crippen molar-refractivity contribution in [1.82, 2.24) is 14.9 Å². The van der Waals surface area contributed by atoms with Crippen molar-refractivity contribution < 1.29 is 0 Å². The first-order valence-electron chi connectivity index (χ1n) is 6.50. The van der Waals surface area contributed by atoms with E-state index in [0.29, 0.717) is 0 Å². The number of rotatable bonds is 4. The highest BCUT2D eigenvalue weighted by molar-refractivity contribution is 6.31. The van der Waals surface area contributed by atoms with Gasteiger partial charge in [0.2, 0.25) is 0 Å². The van der Waals surface area contributed by atoms with Crippen molar-refractivity contribution in [1.29, 1.82) is 0 Å². The van der Waals surface area contributed by atoms with E-state index < -0.39 is 0 Å². The van der Waals surface area contributed by atoms with Crippen molar-refractivity contribution in [3.05, 3.63) is 28.5 Å². The van der Waals surface area contributed by atoms with Gasteiger partial charge >= 0.3 is 0 Å². The molecule has 0 aliphatic heterocycles. The molecule has 96 valence electrons. The second kappa shape index (κ2) is 4.56. The highest BCUT2D eigenvalue weighted by Crippen LogP contribution is 2.24. The molecule has 0 atom stereocenters. The van der Waals surface area contributed by atoms with Crippen molar-refractivity contribution in [2.75, 3.05) is 6.54 Å². The number of aryl methyl sites for hydroxylation is 2. The van der Waals surface area contributed by atoms with Crippen molar-refractivity contribution in [2.45, 2.75) is 32.2 Å². The molecular formula is C14H18ClN3. The van der Waals surface area contributed by atoms with Gasteiger partial charge in [0, 0.05) is 31.1 Å². The molecule has 0 unspecified atom stereocenters. The SMILES string of the molecule is Cc1cc(Cl)cc2c1nc(CCNC1CC1)n2C. The molecule has 4 heteroatoms. The van der Waals surface area contributed by atoms with E-state index in [0.717, 1.165) is 46.5 Å². The number of aromatic nitrogens is 2. The van der Waals surface area contributed by atoms with E-state index in [1.165, 1.54) is 12.8 Å². The average molecular weight is 264 g/mol. The second-order valence-electron chi connectivity index (χ2n) is 5.16. The summed E-state index contributed by atoms with van der Waals surface area (Å²) in [6.45, 7) is 3.07. The lowest BCUT2D eigenvalue weighted by atomic mass is 10.2. The zero-order valence-corrected chi connectivity index (χ0v) is 11.6. The van der Waals surface area contributed by atoms with Gasteiger partial charge in [0.1, 0.15) is 5.82 Å². The predicted octanol–water partition coefficient (Wildman–Crippen LogP) is 2.83. The predicted molar refractivity (Wildman–Crippen MR) is 75.2 cm³/mol. The van der Waals surface area contributed by atoms with Crippen LogP contribution in [0.1, 0.15) is 24.2 Å². The molecule has 18 heavy (non-hydrogen) atoms. The van der Waals surface area contributed by atoms with E-state index >= 15 is 0 Å². The third-order valence-corrected chi connectivity index (χ3v) is 3.81. The summed E-state index contributed by atoms with van der Waals surface area (Å²) in [4.78, 5) is 4.73. The van der Waals surface area contributed by atoms with Gasteiger partial charge in [-0.25, -0.2) is 4.98 Å². The lowest BCUT2D eigenvalue weighted by Crippen LogP contribution is -2.20. The van der Waals surface area contributed by atoms with Gasteiger partial charge in [-0.3, -0.25) is 0 Å². The van der Waals surface area contributed by atoms with Crippen LogP contribution in [0, 0.1) is 6.92 Å². The summed E-state index contributed by atoms with van der Waals surface area (Å²) < 4.78 is 2.16. The zero-order valence-electron chi connectivity index (χ0n) is 10.8. The molecule has 1 saturated carbocycles. The maximum Gasteiger partial charge on any atom is 0.110 e. The quantitative estimate of drug-likeness (QED) is 0.919. The Hall–Kier alpha value is -1.06. The van der Waals surface area contributed by atoms with E-state index in [4.69, 9.17) is 16.6 Å². The molecule has 1 N–H and O–H groups in total. The third-order valence-electron chi connectivity index (χ3n) is 3.59. The number of fused-ring (bicyclic) bond motifs is 1. The second-order valence-corrected chi connectivity index (χ2v) is 5.59. The van der Waals surface area contributed by atoms with Crippen LogP contribution in [0.3, 0.4) is 0 Å². The number of nitrogens with one attached hydrogen (secondary N) is 1. The molecular weight excluding hydrogens is 246 g/mol. The molecule has 3 rings (SSSR count). The minimum Gasteiger partial charge on any atom is -0.331 e. The number of hydrogen-bond donors (Lipinski definition) is 1. The standard InChI is InChI=1S/C14H18ClN3/c1-9-7-10(15)8-12-14(9)17-13(18(12)2)5-6-16-11-3-4-11/h7-8,11,16H,3-6H2,1-2H3. The molecule has 3 nitrogen and oxygen atoms in total. The Bertz CT molecular complexity index is 584. The monoisotopic (exact) mass is 263 g/mol. The zero-order chi connectivity index (χ0) is 12.7. The van der Waals surface area contributed by atoms with Crippen LogP contribution in [0.2, 0.25) is 5.02 Å². The first kappa shape index (κ1) is 12.0. The summed E-state index contributed by atoms with van der Waals surface area (Å²) in [6, 6.07) is 4.73. The maximum absolute atomic E-state index is 6.11. The van der Waals surface area contributed by atoms with E-state index in [9.17, 15) is 0 Å². The Morgan fingerprint density at radius 2 is 2.22 bits per heavy atom. The molecule has 1 fully saturated rings. The van der Waals surface area contributed by atoms with E-state index in [1.807, 2.05) is 12.1 Å². The van der Waals surface area contributed by atoms with Crippen molar-refractivity contribution in [2.24, 2.45) is 7.05 Å². The molecule has 1 heterocycles. The van der Waals surface area contributed by atoms with Crippen molar-refractivity contribution in [3.63, 3.8) is 0 Å². The van der Waals surface area contributed by atoms with Crippen LogP contribution < -0.4 is 5.32 Å². The summed E-state index contributed by atoms with van der Waals surface area (Å²) in [5, 5.41) is 4.31. The Morgan fingerprint density at radius 1 is 1.44 bits per heavy atom. The number of imidazole rings is 1. The highest BCUT2D eigenvalue weighted by Gasteiger charge is 2.20. The van der Waals surface area contributed by atoms with E-state index in [2.05, 4.69) is 23.9 Å². The Morgan fingerprint density at radius 3 is 2.94 bits per heavy atom. The van der Waals surface area contributed by atoms with Crippen LogP contribution in [0.15, 0.2) is 12.1 Å². The number of hydrogen-bond acceptors (Lipinski definition) is 2. The molecule has 0 bridgehead atoms. The van der Waals surface area contributed by atoms with Gasteiger partial charge in [0.15, 0.2) is 0 Å². The summed E-state index contributed by atoms with van der Waals surface area (Å²) in [5.74, 6) is 1.13. The minimum absolute atomic E-state index is 0.760. The van der Waals surface area contributed by atoms with Crippen molar-refractivity contribution >= 4 is 22.6 Å². The van der Waals surface area contributed by atoms with Gasteiger partial charge in [-0.1, -0.05) is 11.6 Å². The molecule has 0 amide bonds. The Labute approximate surface area is 112 Å². The average Bonchev–Trinajstić information content (AvgIpc) is 3.08. The van der Waals surface area contributed by atoms with Crippen LogP contribution in [-0.2, 0) is 13.5 Å². The molecule has 0 radical (unpaired) electrons. The summed E-state index contributed by atoms with van der Waals surface area (Å²) in [5.41, 5.74) is 3.35. The fraction of sp³-hybridized carbons (Fsp3) is 0.500. The fourth-order valence-corrected chi connectivity index (χ4v) is 2.63. The van der Waals surface area contributed by atoms with Gasteiger partial charge in [-0.05, 0) is 37.5 Å². The first-order chi connectivity index (χ1) is 8.65. The van der Waals surface area contributed by atoms with Gasteiger partial charge < -0.3 is 9.88 Å². The topological polar surface area (TPSA) is 29.9 Å². The number of nitrogens with zero attached hydrogens (tertiary/aromatic N) is 2. The minimum atomic E-state index is 0.760. The normalized spacial score (nSPS) is 15.5. The largest absolute Gasteiger partial charge is 0.331 e. The lowest BCUT2D eigenvalue weighted by molar-refractivity contribution is 0.654. The maximum atomic E-state index is 6.11. The lowest BCUT2D eigenvalue weighted by Gasteiger charge is -2.03. The first-order valence-corrected chi connectivity index (χ1v) is 6.88. The highest BCUT2D eigenvalue weighted by atomic mass is 35.5. The van der Waals surface area contributed by atoms with Crippen LogP contribution in [-0.4, -0.2) is 22.1 Å². The third kappa shape index (κ3) is 2.25. The molecule has 2 aromatic rings. The summed E-state index contributed by atoms with van der Waals surface area (Å²) in [7, 11) is 2.07. The Kier molecular flexibility index (Phi) is 3.04. The van der Waals surface area contributed by atoms with Gasteiger partial charge in [-0.2, -0.15) is 0 Å². The Balaban J connectivity index is 1.87. The van der Waals surface area contributed by atoms with Crippen LogP contribution in [0.4, 0.5) is 0 Å². The van der Waals surface area contributed by atoms with Crippen LogP contribution >= 0.6 is 11.6 Å². The van der Waals surface area contributed by atoms with Crippen molar-refractivity contribution in [3.8, 4) is 0 Å². The van der Waals surface area contributed by atoms with E-state index in [1.54, 1.807) is 0 Å². The fourth-order valence-electron chi connectivity index (χ4n) is 2.36. The van der Waals surface area contributed by atoms with E-state index in [-0.39, 0.29) is 0 Å². The summed E-state index contributed by atoms with van der Waals surface area (Å²) in [6.07, 6.45) is 3.63. The van der Waals surface area contributed by atoms with Crippen LogP contribution in [0.25, 0.3) is 11.0 Å². The smallest absolute Gasteiger partial charge is 0.110 e. The van der Waals surface area contributed by atoms with Crippen LogP contribution in [0.5, 0.6) is 0 Å². The molecule has 1 aliphatic rings. The molecule has 0 saturated heterocycles. The number of halogens is 1. The van der Waals surface area contributed by atoms with Gasteiger partial charge in [-0.15, -0.1) is 0 Å². The van der Waals surface area contributed by atoms with Gasteiger partial charge in [0.25, 0.3) is 0 Å². The molecule has 0 spiro atoms. The molecule has 1 aromatic carbocycles. The summed E-state index contributed by atoms with van der Waals surface area (Å²) >= 11 is 6.11. The number of benzene rings is 1.